The van der Waals surface area contributed by atoms with Crippen LogP contribution in [0.1, 0.15) is 41.4 Å². The van der Waals surface area contributed by atoms with Crippen LogP contribution in [0.25, 0.3) is 10.8 Å². The number of methoxy groups -OCH3 is 1. The molecule has 3 aromatic rings. The first kappa shape index (κ1) is 17.1. The van der Waals surface area contributed by atoms with Crippen LogP contribution in [0.4, 0.5) is 0 Å². The van der Waals surface area contributed by atoms with E-state index in [4.69, 9.17) is 14.2 Å². The predicted octanol–water partition coefficient (Wildman–Crippen LogP) is 4.68. The standard InChI is InChI=1S/C23H21NO4/c1-13-19-11-20-21-17(5-4-6-18(21)23(25)28-20)22(19)27-14(2)24(13)12-15-7-9-16(26-3)10-8-15/h4-11,13-14H,12H2,1-3H3/t13-,14+/m0/s1. The van der Waals surface area contributed by atoms with Crippen molar-refractivity contribution in [3.8, 4) is 17.2 Å². The lowest BCUT2D eigenvalue weighted by atomic mass is 9.95. The molecule has 142 valence electrons. The van der Waals surface area contributed by atoms with Crippen molar-refractivity contribution in [2.24, 2.45) is 0 Å². The Morgan fingerprint density at radius 2 is 1.89 bits per heavy atom. The molecule has 0 aromatic heterocycles. The van der Waals surface area contributed by atoms with E-state index in [2.05, 4.69) is 30.9 Å². The van der Waals surface area contributed by atoms with Crippen molar-refractivity contribution in [2.45, 2.75) is 32.7 Å². The molecular formula is C23H21NO4. The molecule has 5 nitrogen and oxygen atoms in total. The Balaban J connectivity index is 1.55. The van der Waals surface area contributed by atoms with Gasteiger partial charge in [-0.1, -0.05) is 24.3 Å². The van der Waals surface area contributed by atoms with Gasteiger partial charge in [-0.05, 0) is 43.7 Å². The number of hydrogen-bond donors (Lipinski definition) is 0. The van der Waals surface area contributed by atoms with Gasteiger partial charge in [0.25, 0.3) is 0 Å². The number of fused-ring (bicyclic) bond motifs is 2. The Morgan fingerprint density at radius 1 is 1.11 bits per heavy atom. The monoisotopic (exact) mass is 375 g/mol. The van der Waals surface area contributed by atoms with Crippen LogP contribution in [0, 0.1) is 0 Å². The summed E-state index contributed by atoms with van der Waals surface area (Å²) in [5.74, 6) is 2.03. The Morgan fingerprint density at radius 3 is 2.64 bits per heavy atom. The fourth-order valence-corrected chi connectivity index (χ4v) is 4.23. The molecule has 2 atom stereocenters. The average Bonchev–Trinajstić information content (AvgIpc) is 3.03. The molecule has 0 saturated carbocycles. The molecule has 5 heteroatoms. The van der Waals surface area contributed by atoms with Gasteiger partial charge in [0.2, 0.25) is 0 Å². The Kier molecular flexibility index (Phi) is 3.81. The lowest BCUT2D eigenvalue weighted by molar-refractivity contribution is -0.0158. The Bertz CT molecular complexity index is 1090. The van der Waals surface area contributed by atoms with Crippen LogP contribution >= 0.6 is 0 Å². The molecule has 0 amide bonds. The van der Waals surface area contributed by atoms with E-state index in [1.165, 1.54) is 5.56 Å². The number of benzene rings is 3. The van der Waals surface area contributed by atoms with Gasteiger partial charge in [-0.15, -0.1) is 0 Å². The highest BCUT2D eigenvalue weighted by Crippen LogP contribution is 2.48. The molecule has 28 heavy (non-hydrogen) atoms. The van der Waals surface area contributed by atoms with Gasteiger partial charge in [0.05, 0.1) is 12.7 Å². The summed E-state index contributed by atoms with van der Waals surface area (Å²) >= 11 is 0. The number of esters is 1. The lowest BCUT2D eigenvalue weighted by Gasteiger charge is -2.40. The summed E-state index contributed by atoms with van der Waals surface area (Å²) in [4.78, 5) is 14.5. The minimum Gasteiger partial charge on any atom is -0.497 e. The maximum atomic E-state index is 12.2. The fourth-order valence-electron chi connectivity index (χ4n) is 4.23. The van der Waals surface area contributed by atoms with Gasteiger partial charge in [0.15, 0.2) is 6.23 Å². The minimum atomic E-state index is -0.293. The highest BCUT2D eigenvalue weighted by atomic mass is 16.5. The maximum Gasteiger partial charge on any atom is 0.344 e. The molecule has 2 aliphatic heterocycles. The molecule has 0 saturated heterocycles. The van der Waals surface area contributed by atoms with Gasteiger partial charge in [0, 0.05) is 28.9 Å². The molecular weight excluding hydrogens is 354 g/mol. The highest BCUT2D eigenvalue weighted by molar-refractivity contribution is 6.14. The third-order valence-corrected chi connectivity index (χ3v) is 5.75. The van der Waals surface area contributed by atoms with E-state index < -0.39 is 0 Å². The van der Waals surface area contributed by atoms with Crippen molar-refractivity contribution in [3.05, 3.63) is 65.2 Å². The van der Waals surface area contributed by atoms with Gasteiger partial charge >= 0.3 is 5.97 Å². The van der Waals surface area contributed by atoms with Crippen molar-refractivity contribution >= 4 is 16.7 Å². The number of hydrogen-bond acceptors (Lipinski definition) is 5. The van der Waals surface area contributed by atoms with Crippen LogP contribution in [-0.2, 0) is 6.54 Å². The smallest absolute Gasteiger partial charge is 0.344 e. The van der Waals surface area contributed by atoms with Crippen molar-refractivity contribution in [1.82, 2.24) is 4.90 Å². The summed E-state index contributed by atoms with van der Waals surface area (Å²) in [5.41, 5.74) is 2.84. The molecule has 2 heterocycles. The van der Waals surface area contributed by atoms with Gasteiger partial charge in [-0.25, -0.2) is 4.79 Å². The predicted molar refractivity (Wildman–Crippen MR) is 106 cm³/mol. The summed E-state index contributed by atoms with van der Waals surface area (Å²) in [6, 6.07) is 15.9. The van der Waals surface area contributed by atoms with Crippen molar-refractivity contribution in [2.75, 3.05) is 7.11 Å². The SMILES string of the molecule is COc1ccc(CN2[C@@H](C)Oc3c(cc4c5c(cccc35)C(=O)O4)[C@@H]2C)cc1. The molecule has 0 unspecified atom stereocenters. The summed E-state index contributed by atoms with van der Waals surface area (Å²) in [5, 5.41) is 1.80. The van der Waals surface area contributed by atoms with Crippen LogP contribution in [0.2, 0.25) is 0 Å². The first-order valence-electron chi connectivity index (χ1n) is 9.44. The molecule has 0 aliphatic carbocycles. The van der Waals surface area contributed by atoms with Crippen LogP contribution in [-0.4, -0.2) is 24.2 Å². The van der Waals surface area contributed by atoms with Crippen molar-refractivity contribution in [1.29, 1.82) is 0 Å². The summed E-state index contributed by atoms with van der Waals surface area (Å²) in [6.45, 7) is 4.98. The van der Waals surface area contributed by atoms with Gasteiger partial charge in [-0.3, -0.25) is 4.90 Å². The van der Waals surface area contributed by atoms with E-state index in [9.17, 15) is 4.79 Å². The van der Waals surface area contributed by atoms with E-state index >= 15 is 0 Å². The second kappa shape index (κ2) is 6.24. The number of nitrogens with zero attached hydrogens (tertiary/aromatic N) is 1. The molecule has 0 fully saturated rings. The Hall–Kier alpha value is -3.05. The zero-order chi connectivity index (χ0) is 19.4. The summed E-state index contributed by atoms with van der Waals surface area (Å²) < 4.78 is 17.1. The normalized spacial score (nSPS) is 20.6. The highest BCUT2D eigenvalue weighted by Gasteiger charge is 2.35. The quantitative estimate of drug-likeness (QED) is 0.491. The molecule has 0 radical (unpaired) electrons. The van der Waals surface area contributed by atoms with Crippen molar-refractivity contribution in [3.63, 3.8) is 0 Å². The fraction of sp³-hybridized carbons (Fsp3) is 0.261. The third-order valence-electron chi connectivity index (χ3n) is 5.75. The van der Waals surface area contributed by atoms with Gasteiger partial charge < -0.3 is 14.2 Å². The Labute approximate surface area is 163 Å². The van der Waals surface area contributed by atoms with Gasteiger partial charge in [-0.2, -0.15) is 0 Å². The van der Waals surface area contributed by atoms with Crippen LogP contribution in [0.3, 0.4) is 0 Å². The van der Waals surface area contributed by atoms with E-state index in [0.717, 1.165) is 34.4 Å². The summed E-state index contributed by atoms with van der Waals surface area (Å²) in [7, 11) is 1.67. The second-order valence-corrected chi connectivity index (χ2v) is 7.32. The molecule has 5 rings (SSSR count). The zero-order valence-corrected chi connectivity index (χ0v) is 16.1. The molecule has 2 aliphatic rings. The molecule has 0 spiro atoms. The van der Waals surface area contributed by atoms with Crippen LogP contribution in [0.15, 0.2) is 48.5 Å². The lowest BCUT2D eigenvalue weighted by Crippen LogP contribution is -2.42. The molecule has 0 bridgehead atoms. The van der Waals surface area contributed by atoms with Gasteiger partial charge in [0.1, 0.15) is 17.2 Å². The number of rotatable bonds is 3. The van der Waals surface area contributed by atoms with E-state index in [1.807, 2.05) is 30.3 Å². The van der Waals surface area contributed by atoms with Crippen LogP contribution < -0.4 is 14.2 Å². The number of carbonyl (C=O) groups is 1. The maximum absolute atomic E-state index is 12.2. The average molecular weight is 375 g/mol. The van der Waals surface area contributed by atoms with E-state index in [1.54, 1.807) is 13.2 Å². The zero-order valence-electron chi connectivity index (χ0n) is 16.1. The molecule has 3 aromatic carbocycles. The van der Waals surface area contributed by atoms with E-state index in [-0.39, 0.29) is 18.2 Å². The third kappa shape index (κ3) is 2.47. The largest absolute Gasteiger partial charge is 0.497 e. The topological polar surface area (TPSA) is 48.0 Å². The number of ether oxygens (including phenoxy) is 3. The number of carbonyl (C=O) groups excluding carboxylic acids is 1. The first-order valence-corrected chi connectivity index (χ1v) is 9.44. The minimum absolute atomic E-state index is 0.0975. The second-order valence-electron chi connectivity index (χ2n) is 7.32. The first-order chi connectivity index (χ1) is 13.6. The van der Waals surface area contributed by atoms with E-state index in [0.29, 0.717) is 11.3 Å². The van der Waals surface area contributed by atoms with Crippen molar-refractivity contribution < 1.29 is 19.0 Å². The molecule has 0 N–H and O–H groups in total. The van der Waals surface area contributed by atoms with Crippen LogP contribution in [0.5, 0.6) is 17.2 Å². The summed E-state index contributed by atoms with van der Waals surface area (Å²) in [6.07, 6.45) is -0.0975.